The third-order valence-electron chi connectivity index (χ3n) is 2.91. The molecule has 0 atom stereocenters. The van der Waals surface area contributed by atoms with Gasteiger partial charge in [0, 0.05) is 17.5 Å². The summed E-state index contributed by atoms with van der Waals surface area (Å²) >= 11 is 7.56. The Labute approximate surface area is 131 Å². The van der Waals surface area contributed by atoms with E-state index in [1.54, 1.807) is 12.3 Å². The summed E-state index contributed by atoms with van der Waals surface area (Å²) in [6, 6.07) is 9.36. The molecular formula is C15H11ClN2O2S. The van der Waals surface area contributed by atoms with Gasteiger partial charge in [-0.15, -0.1) is 0 Å². The molecule has 0 fully saturated rings. The summed E-state index contributed by atoms with van der Waals surface area (Å²) in [5.41, 5.74) is 0.420. The van der Waals surface area contributed by atoms with Gasteiger partial charge >= 0.3 is 0 Å². The monoisotopic (exact) mass is 318 g/mol. The first kappa shape index (κ1) is 14.1. The number of benzene rings is 1. The molecule has 0 bridgehead atoms. The minimum Gasteiger partial charge on any atom is -0.490 e. The molecule has 4 nitrogen and oxygen atoms in total. The Morgan fingerprint density at radius 3 is 2.81 bits per heavy atom. The van der Waals surface area contributed by atoms with Gasteiger partial charge in [-0.05, 0) is 24.3 Å². The van der Waals surface area contributed by atoms with Gasteiger partial charge in [0.15, 0.2) is 11.5 Å². The van der Waals surface area contributed by atoms with Crippen LogP contribution in [0.2, 0.25) is 5.02 Å². The summed E-state index contributed by atoms with van der Waals surface area (Å²) < 4.78 is 11.3. The number of nitrogens with zero attached hydrogens (tertiary/aromatic N) is 2. The second kappa shape index (κ2) is 6.25. The second-order valence-corrected chi connectivity index (χ2v) is 5.79. The third kappa shape index (κ3) is 3.07. The van der Waals surface area contributed by atoms with E-state index in [1.807, 2.05) is 24.3 Å². The minimum absolute atomic E-state index is 0.372. The molecule has 0 amide bonds. The van der Waals surface area contributed by atoms with E-state index >= 15 is 0 Å². The second-order valence-electron chi connectivity index (χ2n) is 4.35. The van der Waals surface area contributed by atoms with Crippen molar-refractivity contribution in [2.24, 2.45) is 0 Å². The number of halogens is 1. The van der Waals surface area contributed by atoms with Crippen molar-refractivity contribution in [1.82, 2.24) is 4.98 Å². The Morgan fingerprint density at radius 2 is 2.00 bits per heavy atom. The lowest BCUT2D eigenvalue weighted by atomic mass is 10.3. The number of hydrogen-bond acceptors (Lipinski definition) is 5. The van der Waals surface area contributed by atoms with Gasteiger partial charge in [0.05, 0.1) is 23.8 Å². The highest BCUT2D eigenvalue weighted by Crippen LogP contribution is 2.38. The molecule has 0 saturated heterocycles. The van der Waals surface area contributed by atoms with Gasteiger partial charge in [0.2, 0.25) is 0 Å². The fourth-order valence-corrected chi connectivity index (χ4v) is 3.01. The molecule has 0 saturated carbocycles. The minimum atomic E-state index is 0.372. The highest BCUT2D eigenvalue weighted by molar-refractivity contribution is 7.99. The quantitative estimate of drug-likeness (QED) is 0.840. The largest absolute Gasteiger partial charge is 0.490 e. The Balaban J connectivity index is 1.89. The molecule has 2 aromatic rings. The number of pyridine rings is 1. The molecule has 3 rings (SSSR count). The molecule has 106 valence electrons. The summed E-state index contributed by atoms with van der Waals surface area (Å²) in [6.07, 6.45) is 2.45. The van der Waals surface area contributed by atoms with Gasteiger partial charge in [-0.2, -0.15) is 5.26 Å². The van der Waals surface area contributed by atoms with Crippen LogP contribution in [0.25, 0.3) is 0 Å². The van der Waals surface area contributed by atoms with Crippen LogP contribution in [0.15, 0.2) is 40.4 Å². The molecule has 1 aromatic heterocycles. The highest BCUT2D eigenvalue weighted by atomic mass is 35.5. The van der Waals surface area contributed by atoms with E-state index in [-0.39, 0.29) is 0 Å². The van der Waals surface area contributed by atoms with Crippen LogP contribution >= 0.6 is 23.4 Å². The molecule has 0 unspecified atom stereocenters. The Bertz CT molecular complexity index is 715. The van der Waals surface area contributed by atoms with Crippen LogP contribution in [0.1, 0.15) is 12.0 Å². The van der Waals surface area contributed by atoms with Gasteiger partial charge in [0.1, 0.15) is 11.1 Å². The van der Waals surface area contributed by atoms with Crippen molar-refractivity contribution in [3.8, 4) is 17.6 Å². The maximum atomic E-state index is 8.99. The molecule has 0 N–H and O–H groups in total. The van der Waals surface area contributed by atoms with Crippen LogP contribution in [-0.2, 0) is 0 Å². The molecule has 1 aliphatic heterocycles. The molecule has 0 radical (unpaired) electrons. The standard InChI is InChI=1S/C15H11ClN2O2S/c16-14-10(9-17)4-5-18-15(14)21-11-2-3-12-13(8-11)20-7-1-6-19-12/h2-5,8H,1,6-7H2. The topological polar surface area (TPSA) is 55.1 Å². The van der Waals surface area contributed by atoms with Gasteiger partial charge in [-0.1, -0.05) is 23.4 Å². The highest BCUT2D eigenvalue weighted by Gasteiger charge is 2.13. The van der Waals surface area contributed by atoms with Gasteiger partial charge in [-0.3, -0.25) is 0 Å². The molecule has 1 aromatic carbocycles. The van der Waals surface area contributed by atoms with Crippen molar-refractivity contribution < 1.29 is 9.47 Å². The maximum Gasteiger partial charge on any atom is 0.162 e. The van der Waals surface area contributed by atoms with Gasteiger partial charge < -0.3 is 9.47 Å². The lowest BCUT2D eigenvalue weighted by Gasteiger charge is -2.09. The van der Waals surface area contributed by atoms with Crippen molar-refractivity contribution in [2.45, 2.75) is 16.3 Å². The SMILES string of the molecule is N#Cc1ccnc(Sc2ccc3c(c2)OCCCO3)c1Cl. The Morgan fingerprint density at radius 1 is 1.19 bits per heavy atom. The van der Waals surface area contributed by atoms with Crippen LogP contribution in [0.5, 0.6) is 11.5 Å². The van der Waals surface area contributed by atoms with E-state index in [0.717, 1.165) is 22.8 Å². The predicted octanol–water partition coefficient (Wildman–Crippen LogP) is 3.92. The normalized spacial score (nSPS) is 13.3. The summed E-state index contributed by atoms with van der Waals surface area (Å²) in [7, 11) is 0. The van der Waals surface area contributed by atoms with E-state index in [4.69, 9.17) is 26.3 Å². The van der Waals surface area contributed by atoms with E-state index in [9.17, 15) is 0 Å². The summed E-state index contributed by atoms with van der Waals surface area (Å²) in [5.74, 6) is 1.48. The summed E-state index contributed by atoms with van der Waals surface area (Å²) in [6.45, 7) is 1.31. The first-order valence-corrected chi connectivity index (χ1v) is 7.59. The van der Waals surface area contributed by atoms with Crippen molar-refractivity contribution in [1.29, 1.82) is 5.26 Å². The number of ether oxygens (including phenoxy) is 2. The van der Waals surface area contributed by atoms with Crippen LogP contribution < -0.4 is 9.47 Å². The maximum absolute atomic E-state index is 8.99. The number of aromatic nitrogens is 1. The van der Waals surface area contributed by atoms with Crippen molar-refractivity contribution >= 4 is 23.4 Å². The number of nitriles is 1. The van der Waals surface area contributed by atoms with E-state index in [2.05, 4.69) is 4.98 Å². The van der Waals surface area contributed by atoms with Crippen molar-refractivity contribution in [3.63, 3.8) is 0 Å². The molecule has 1 aliphatic rings. The zero-order chi connectivity index (χ0) is 14.7. The lowest BCUT2D eigenvalue weighted by molar-refractivity contribution is 0.297. The molecule has 6 heteroatoms. The predicted molar refractivity (Wildman–Crippen MR) is 80.1 cm³/mol. The van der Waals surface area contributed by atoms with E-state index in [0.29, 0.717) is 28.8 Å². The molecule has 21 heavy (non-hydrogen) atoms. The zero-order valence-corrected chi connectivity index (χ0v) is 12.6. The van der Waals surface area contributed by atoms with Crippen molar-refractivity contribution in [2.75, 3.05) is 13.2 Å². The average molecular weight is 319 g/mol. The number of rotatable bonds is 2. The van der Waals surface area contributed by atoms with Crippen LogP contribution in [-0.4, -0.2) is 18.2 Å². The van der Waals surface area contributed by atoms with E-state index in [1.165, 1.54) is 11.8 Å². The van der Waals surface area contributed by atoms with Crippen molar-refractivity contribution in [3.05, 3.63) is 41.0 Å². The van der Waals surface area contributed by atoms with Crippen LogP contribution in [0, 0.1) is 11.3 Å². The smallest absolute Gasteiger partial charge is 0.162 e. The third-order valence-corrected chi connectivity index (χ3v) is 4.40. The average Bonchev–Trinajstić information content (AvgIpc) is 2.74. The fourth-order valence-electron chi connectivity index (χ4n) is 1.90. The molecule has 2 heterocycles. The molecule has 0 spiro atoms. The first-order chi connectivity index (χ1) is 10.3. The van der Waals surface area contributed by atoms with E-state index < -0.39 is 0 Å². The van der Waals surface area contributed by atoms with Gasteiger partial charge in [-0.25, -0.2) is 4.98 Å². The molecule has 0 aliphatic carbocycles. The van der Waals surface area contributed by atoms with Crippen LogP contribution in [0.3, 0.4) is 0 Å². The fraction of sp³-hybridized carbons (Fsp3) is 0.200. The zero-order valence-electron chi connectivity index (χ0n) is 11.0. The molecular weight excluding hydrogens is 308 g/mol. The van der Waals surface area contributed by atoms with Gasteiger partial charge in [0.25, 0.3) is 0 Å². The summed E-state index contributed by atoms with van der Waals surface area (Å²) in [4.78, 5) is 5.15. The summed E-state index contributed by atoms with van der Waals surface area (Å²) in [5, 5.41) is 9.96. The lowest BCUT2D eigenvalue weighted by Crippen LogP contribution is -1.97. The number of hydrogen-bond donors (Lipinski definition) is 0. The number of fused-ring (bicyclic) bond motifs is 1. The Kier molecular flexibility index (Phi) is 4.18. The first-order valence-electron chi connectivity index (χ1n) is 6.40. The Hall–Kier alpha value is -1.90. The van der Waals surface area contributed by atoms with Crippen LogP contribution in [0.4, 0.5) is 0 Å².